The number of alkyl halides is 2. The molecule has 0 unspecified atom stereocenters. The van der Waals surface area contributed by atoms with Gasteiger partial charge in [0.05, 0.1) is 19.8 Å². The molecule has 116 valence electrons. The van der Waals surface area contributed by atoms with E-state index in [0.29, 0.717) is 30.5 Å². The second-order valence-electron chi connectivity index (χ2n) is 4.51. The molecule has 9 heteroatoms. The van der Waals surface area contributed by atoms with E-state index in [2.05, 4.69) is 6.58 Å². The van der Waals surface area contributed by atoms with Crippen LogP contribution in [0.4, 0.5) is 0 Å². The van der Waals surface area contributed by atoms with E-state index in [1.807, 2.05) is 0 Å². The van der Waals surface area contributed by atoms with Gasteiger partial charge in [-0.3, -0.25) is 0 Å². The van der Waals surface area contributed by atoms with Crippen LogP contribution in [0.1, 0.15) is 6.92 Å². The van der Waals surface area contributed by atoms with Crippen LogP contribution in [-0.2, 0) is 34.9 Å². The fourth-order valence-electron chi connectivity index (χ4n) is 1.18. The van der Waals surface area contributed by atoms with Crippen molar-refractivity contribution in [3.63, 3.8) is 0 Å². The van der Waals surface area contributed by atoms with Crippen molar-refractivity contribution in [2.45, 2.75) is 6.92 Å². The summed E-state index contributed by atoms with van der Waals surface area (Å²) in [7, 11) is 0. The fourth-order valence-corrected chi connectivity index (χ4v) is 3.70. The Labute approximate surface area is 133 Å². The quantitative estimate of drug-likeness (QED) is 0.228. The average Bonchev–Trinajstić information content (AvgIpc) is 2.45. The molecular formula is C11H17Cl2O5PS. The maximum Gasteiger partial charge on any atom is 0.333 e. The van der Waals surface area contributed by atoms with Crippen molar-refractivity contribution in [2.24, 2.45) is 5.41 Å². The summed E-state index contributed by atoms with van der Waals surface area (Å²) in [5.41, 5.74) is -0.103. The van der Waals surface area contributed by atoms with E-state index in [1.165, 1.54) is 0 Å². The predicted molar refractivity (Wildman–Crippen MR) is 81.8 cm³/mol. The lowest BCUT2D eigenvalue weighted by molar-refractivity contribution is -0.139. The Morgan fingerprint density at radius 2 is 1.90 bits per heavy atom. The summed E-state index contributed by atoms with van der Waals surface area (Å²) in [6.07, 6.45) is 0. The van der Waals surface area contributed by atoms with Gasteiger partial charge in [-0.2, -0.15) is 0 Å². The lowest BCUT2D eigenvalue weighted by Gasteiger charge is -2.37. The summed E-state index contributed by atoms with van der Waals surface area (Å²) >= 11 is 16.9. The van der Waals surface area contributed by atoms with Crippen LogP contribution < -0.4 is 0 Å². The highest BCUT2D eigenvalue weighted by molar-refractivity contribution is 8.07. The molecule has 0 aromatic heterocycles. The second-order valence-corrected chi connectivity index (χ2v) is 8.06. The van der Waals surface area contributed by atoms with Crippen LogP contribution in [0.3, 0.4) is 0 Å². The maximum atomic E-state index is 11.2. The van der Waals surface area contributed by atoms with Crippen molar-refractivity contribution in [3.05, 3.63) is 12.2 Å². The maximum absolute atomic E-state index is 11.2. The van der Waals surface area contributed by atoms with Crippen molar-refractivity contribution in [1.29, 1.82) is 0 Å². The van der Waals surface area contributed by atoms with Crippen molar-refractivity contribution < 1.29 is 23.1 Å². The summed E-state index contributed by atoms with van der Waals surface area (Å²) in [6, 6.07) is 0. The van der Waals surface area contributed by atoms with Crippen LogP contribution in [0.5, 0.6) is 0 Å². The molecule has 1 fully saturated rings. The number of hydrogen-bond acceptors (Lipinski definition) is 6. The van der Waals surface area contributed by atoms with Gasteiger partial charge in [0, 0.05) is 22.7 Å². The largest absolute Gasteiger partial charge is 0.460 e. The lowest BCUT2D eigenvalue weighted by Crippen LogP contribution is -2.39. The molecule has 1 heterocycles. The molecule has 1 saturated heterocycles. The first-order chi connectivity index (χ1) is 9.36. The van der Waals surface area contributed by atoms with E-state index >= 15 is 0 Å². The topological polar surface area (TPSA) is 54.0 Å². The van der Waals surface area contributed by atoms with Gasteiger partial charge in [0.1, 0.15) is 6.61 Å². The number of carbonyl (C=O) groups excluding carboxylic acids is 1. The van der Waals surface area contributed by atoms with Crippen molar-refractivity contribution in [1.82, 2.24) is 0 Å². The molecule has 0 aromatic rings. The van der Waals surface area contributed by atoms with Crippen molar-refractivity contribution >= 4 is 47.7 Å². The highest BCUT2D eigenvalue weighted by Gasteiger charge is 2.40. The Kier molecular flexibility index (Phi) is 7.43. The van der Waals surface area contributed by atoms with Gasteiger partial charge >= 0.3 is 12.7 Å². The molecule has 0 radical (unpaired) electrons. The van der Waals surface area contributed by atoms with Crippen molar-refractivity contribution in [3.8, 4) is 0 Å². The zero-order chi connectivity index (χ0) is 15.2. The highest BCUT2D eigenvalue weighted by Crippen LogP contribution is 2.55. The average molecular weight is 363 g/mol. The van der Waals surface area contributed by atoms with Crippen LogP contribution in [0.25, 0.3) is 0 Å². The number of halogens is 2. The van der Waals surface area contributed by atoms with E-state index in [0.717, 1.165) is 0 Å². The van der Waals surface area contributed by atoms with E-state index < -0.39 is 18.1 Å². The molecule has 1 aliphatic rings. The minimum atomic E-state index is -2.80. The third-order valence-corrected chi connectivity index (χ3v) is 6.01. The SMILES string of the molecule is C=C(C)C(=O)OCCOP1(=S)OCC(CCl)(CCl)CO1. The molecule has 20 heavy (non-hydrogen) atoms. The van der Waals surface area contributed by atoms with Crippen LogP contribution in [0, 0.1) is 5.41 Å². The third kappa shape index (κ3) is 5.26. The van der Waals surface area contributed by atoms with Crippen LogP contribution >= 0.6 is 29.9 Å². The Morgan fingerprint density at radius 1 is 1.35 bits per heavy atom. The summed E-state index contributed by atoms with van der Waals surface area (Å²) < 4.78 is 21.2. The Morgan fingerprint density at radius 3 is 2.35 bits per heavy atom. The third-order valence-electron chi connectivity index (χ3n) is 2.54. The molecular weight excluding hydrogens is 346 g/mol. The monoisotopic (exact) mass is 362 g/mol. The predicted octanol–water partition coefficient (Wildman–Crippen LogP) is 2.86. The fraction of sp³-hybridized carbons (Fsp3) is 0.727. The Balaban J connectivity index is 2.33. The standard InChI is InChI=1S/C11H17Cl2O5PS/c1-9(2)10(14)15-3-4-16-19(20)17-7-11(5-12,6-13)8-18-19/h1,3-8H2,2H3. The number of rotatable bonds is 7. The zero-order valence-electron chi connectivity index (χ0n) is 11.1. The van der Waals surface area contributed by atoms with Gasteiger partial charge in [0.25, 0.3) is 0 Å². The van der Waals surface area contributed by atoms with Crippen LogP contribution in [0.15, 0.2) is 12.2 Å². The number of esters is 1. The molecule has 5 nitrogen and oxygen atoms in total. The summed E-state index contributed by atoms with van der Waals surface area (Å²) in [6.45, 7) is 2.99. The van der Waals surface area contributed by atoms with E-state index in [9.17, 15) is 4.79 Å². The molecule has 0 amide bonds. The van der Waals surface area contributed by atoms with Gasteiger partial charge in [-0.25, -0.2) is 4.79 Å². The molecule has 1 rings (SSSR count). The first kappa shape index (κ1) is 18.4. The first-order valence-corrected chi connectivity index (χ1v) is 9.47. The Bertz CT molecular complexity index is 400. The summed E-state index contributed by atoms with van der Waals surface area (Å²) in [5, 5.41) is 0. The van der Waals surface area contributed by atoms with E-state index in [1.54, 1.807) is 6.92 Å². The molecule has 0 atom stereocenters. The normalized spacial score (nSPS) is 20.4. The van der Waals surface area contributed by atoms with Crippen LogP contribution in [0.2, 0.25) is 0 Å². The highest BCUT2D eigenvalue weighted by atomic mass is 35.5. The minimum absolute atomic E-state index is 0.0625. The zero-order valence-corrected chi connectivity index (χ0v) is 14.3. The Hall–Kier alpha value is 0.320. The second kappa shape index (κ2) is 8.08. The van der Waals surface area contributed by atoms with Crippen LogP contribution in [-0.4, -0.2) is 44.2 Å². The summed E-state index contributed by atoms with van der Waals surface area (Å²) in [4.78, 5) is 11.2. The summed E-state index contributed by atoms with van der Waals surface area (Å²) in [5.74, 6) is 0.170. The molecule has 0 aliphatic carbocycles. The molecule has 0 spiro atoms. The van der Waals surface area contributed by atoms with Gasteiger partial charge < -0.3 is 18.3 Å². The van der Waals surface area contributed by atoms with Gasteiger partial charge in [0.15, 0.2) is 0 Å². The minimum Gasteiger partial charge on any atom is -0.460 e. The molecule has 0 bridgehead atoms. The van der Waals surface area contributed by atoms with E-state index in [-0.39, 0.29) is 13.2 Å². The number of carbonyl (C=O) groups is 1. The van der Waals surface area contributed by atoms with Gasteiger partial charge in [-0.1, -0.05) is 6.58 Å². The number of ether oxygens (including phenoxy) is 1. The van der Waals surface area contributed by atoms with Gasteiger partial charge in [-0.15, -0.1) is 23.2 Å². The van der Waals surface area contributed by atoms with Crippen molar-refractivity contribution in [2.75, 3.05) is 38.2 Å². The lowest BCUT2D eigenvalue weighted by atomic mass is 9.96. The van der Waals surface area contributed by atoms with E-state index in [4.69, 9.17) is 53.3 Å². The molecule has 0 N–H and O–H groups in total. The number of hydrogen-bond donors (Lipinski definition) is 0. The van der Waals surface area contributed by atoms with Gasteiger partial charge in [-0.05, 0) is 18.7 Å². The van der Waals surface area contributed by atoms with Gasteiger partial charge in [0.2, 0.25) is 0 Å². The smallest absolute Gasteiger partial charge is 0.333 e. The molecule has 0 saturated carbocycles. The molecule has 1 aliphatic heterocycles. The first-order valence-electron chi connectivity index (χ1n) is 5.85. The molecule has 0 aromatic carbocycles.